The second kappa shape index (κ2) is 13.0. The van der Waals surface area contributed by atoms with E-state index in [1.807, 2.05) is 37.3 Å². The van der Waals surface area contributed by atoms with Gasteiger partial charge in [-0.3, -0.25) is 14.3 Å². The van der Waals surface area contributed by atoms with Crippen LogP contribution in [0.3, 0.4) is 0 Å². The molecule has 0 heterocycles. The van der Waals surface area contributed by atoms with Crippen LogP contribution in [0, 0.1) is 0 Å². The van der Waals surface area contributed by atoms with Crippen molar-refractivity contribution in [3.8, 4) is 0 Å². The van der Waals surface area contributed by atoms with Gasteiger partial charge in [-0.25, -0.2) is 0 Å². The lowest BCUT2D eigenvalue weighted by atomic mass is 10.1. The van der Waals surface area contributed by atoms with Gasteiger partial charge in [-0.2, -0.15) is 21.6 Å². The van der Waals surface area contributed by atoms with Gasteiger partial charge in [0.1, 0.15) is 0 Å². The Morgan fingerprint density at radius 1 is 1.20 bits per heavy atom. The Morgan fingerprint density at radius 2 is 1.73 bits per heavy atom. The van der Waals surface area contributed by atoms with Crippen LogP contribution in [0.2, 0.25) is 0 Å². The average molecular weight is 456 g/mol. The van der Waals surface area contributed by atoms with Gasteiger partial charge < -0.3 is 22.5 Å². The highest BCUT2D eigenvalue weighted by Gasteiger charge is 2.44. The average Bonchev–Trinajstić information content (AvgIpc) is 2.60. The lowest BCUT2D eigenvalue weighted by molar-refractivity contribution is -0.123. The Hall–Kier alpha value is -2.38. The Labute approximate surface area is 173 Å². The number of carbonyl (C=O) groups is 1. The van der Waals surface area contributed by atoms with E-state index in [0.29, 0.717) is 13.0 Å². The van der Waals surface area contributed by atoms with E-state index in [0.717, 1.165) is 19.3 Å². The van der Waals surface area contributed by atoms with Crippen molar-refractivity contribution < 1.29 is 30.9 Å². The van der Waals surface area contributed by atoms with Crippen LogP contribution in [0.4, 0.5) is 13.2 Å². The van der Waals surface area contributed by atoms with E-state index in [1.165, 1.54) is 5.56 Å². The topological polar surface area (TPSA) is 174 Å². The molecule has 8 N–H and O–H groups in total. The minimum atomic E-state index is -5.84. The first-order chi connectivity index (χ1) is 13.7. The van der Waals surface area contributed by atoms with Gasteiger partial charge in [-0.05, 0) is 38.2 Å². The predicted octanol–water partition coefficient (Wildman–Crippen LogP) is 0.899. The van der Waals surface area contributed by atoms with Crippen LogP contribution in [-0.4, -0.2) is 49.0 Å². The predicted molar refractivity (Wildman–Crippen MR) is 108 cm³/mol. The van der Waals surface area contributed by atoms with Gasteiger partial charge in [0.2, 0.25) is 5.91 Å². The van der Waals surface area contributed by atoms with Crippen molar-refractivity contribution in [1.29, 1.82) is 0 Å². The summed E-state index contributed by atoms with van der Waals surface area (Å²) in [5, 5.41) is 2.96. The standard InChI is InChI=1S/C16H27N5O.CHF3O3S/c1-12(11-13-7-3-2-4-8-13)21-15(22)14(17)9-5-6-10-20-16(18)19;2-1(3,4)8(5,6)7/h2-4,7-8,12,14H,5-6,9-11,17H2,1H3,(H,21,22)(H4,18,19,20);(H,5,6,7). The molecule has 0 aromatic heterocycles. The Bertz CT molecular complexity index is 769. The number of nitrogens with one attached hydrogen (secondary N) is 1. The largest absolute Gasteiger partial charge is 0.522 e. The fourth-order valence-corrected chi connectivity index (χ4v) is 2.18. The molecular weight excluding hydrogens is 427 g/mol. The van der Waals surface area contributed by atoms with E-state index in [9.17, 15) is 18.0 Å². The molecule has 0 saturated carbocycles. The van der Waals surface area contributed by atoms with Gasteiger partial charge in [-0.1, -0.05) is 30.3 Å². The number of hydrogen-bond acceptors (Lipinski definition) is 5. The zero-order valence-electron chi connectivity index (χ0n) is 16.5. The number of nitrogens with zero attached hydrogens (tertiary/aromatic N) is 1. The van der Waals surface area contributed by atoms with Crippen LogP contribution in [-0.2, 0) is 21.3 Å². The van der Waals surface area contributed by atoms with Crippen LogP contribution in [0.1, 0.15) is 31.7 Å². The van der Waals surface area contributed by atoms with E-state index < -0.39 is 21.7 Å². The zero-order valence-corrected chi connectivity index (χ0v) is 17.3. The summed E-state index contributed by atoms with van der Waals surface area (Å²) in [7, 11) is -5.84. The maximum Gasteiger partial charge on any atom is 0.522 e. The van der Waals surface area contributed by atoms with Crippen LogP contribution < -0.4 is 22.5 Å². The highest BCUT2D eigenvalue weighted by molar-refractivity contribution is 7.86. The van der Waals surface area contributed by atoms with Crippen molar-refractivity contribution in [2.75, 3.05) is 6.54 Å². The molecule has 0 aliphatic rings. The van der Waals surface area contributed by atoms with E-state index in [1.54, 1.807) is 0 Å². The minimum Gasteiger partial charge on any atom is -0.370 e. The van der Waals surface area contributed by atoms with Gasteiger partial charge >= 0.3 is 15.6 Å². The molecule has 1 rings (SSSR count). The Balaban J connectivity index is 0.000000890. The molecule has 9 nitrogen and oxygen atoms in total. The first-order valence-corrected chi connectivity index (χ1v) is 10.4. The second-order valence-corrected chi connectivity index (χ2v) is 7.84. The number of amides is 1. The third kappa shape index (κ3) is 13.0. The number of aliphatic imine (C=N–C) groups is 1. The SMILES string of the molecule is CC(Cc1ccccc1)NC(=O)C(N)CCCCN=C(N)N.O=S(=O)(O)C(F)(F)F. The van der Waals surface area contributed by atoms with Gasteiger partial charge in [0, 0.05) is 12.6 Å². The Kier molecular flexibility index (Phi) is 12.0. The summed E-state index contributed by atoms with van der Waals surface area (Å²) in [4.78, 5) is 15.9. The molecule has 13 heteroatoms. The van der Waals surface area contributed by atoms with Crippen molar-refractivity contribution in [2.45, 2.75) is 50.2 Å². The van der Waals surface area contributed by atoms with Crippen LogP contribution in [0.5, 0.6) is 0 Å². The highest BCUT2D eigenvalue weighted by Crippen LogP contribution is 2.20. The quantitative estimate of drug-likeness (QED) is 0.121. The molecule has 0 aliphatic heterocycles. The number of nitrogens with two attached hydrogens (primary N) is 3. The summed E-state index contributed by atoms with van der Waals surface area (Å²) >= 11 is 0. The first-order valence-electron chi connectivity index (χ1n) is 8.93. The molecule has 30 heavy (non-hydrogen) atoms. The van der Waals surface area contributed by atoms with E-state index in [2.05, 4.69) is 10.3 Å². The van der Waals surface area contributed by atoms with Crippen molar-refractivity contribution in [2.24, 2.45) is 22.2 Å². The molecule has 1 aromatic rings. The minimum absolute atomic E-state index is 0.0580. The van der Waals surface area contributed by atoms with Crippen molar-refractivity contribution in [3.63, 3.8) is 0 Å². The molecule has 0 bridgehead atoms. The number of benzene rings is 1. The number of rotatable bonds is 9. The summed E-state index contributed by atoms with van der Waals surface area (Å²) in [5.41, 5.74) is 12.0. The first kappa shape index (κ1) is 27.6. The number of guanidine groups is 1. The number of halogens is 3. The summed E-state index contributed by atoms with van der Waals surface area (Å²) in [6.07, 6.45) is 3.06. The third-order valence-electron chi connectivity index (χ3n) is 3.62. The van der Waals surface area contributed by atoms with Crippen LogP contribution in [0.25, 0.3) is 0 Å². The smallest absolute Gasteiger partial charge is 0.370 e. The lowest BCUT2D eigenvalue weighted by Gasteiger charge is -2.17. The molecule has 1 aromatic carbocycles. The second-order valence-electron chi connectivity index (χ2n) is 6.43. The number of hydrogen-bond donors (Lipinski definition) is 5. The van der Waals surface area contributed by atoms with E-state index in [4.69, 9.17) is 30.2 Å². The summed E-state index contributed by atoms with van der Waals surface area (Å²) in [6, 6.07) is 9.63. The Morgan fingerprint density at radius 3 is 2.20 bits per heavy atom. The number of unbranched alkanes of at least 4 members (excludes halogenated alkanes) is 1. The molecule has 1 amide bonds. The molecule has 0 radical (unpaired) electrons. The van der Waals surface area contributed by atoms with Crippen molar-refractivity contribution in [1.82, 2.24) is 5.32 Å². The van der Waals surface area contributed by atoms with Crippen molar-refractivity contribution >= 4 is 22.0 Å². The molecule has 2 unspecified atom stereocenters. The number of carbonyl (C=O) groups excluding carboxylic acids is 1. The fourth-order valence-electron chi connectivity index (χ4n) is 2.18. The fraction of sp³-hybridized carbons (Fsp3) is 0.529. The zero-order chi connectivity index (χ0) is 23.4. The molecule has 2 atom stereocenters. The summed E-state index contributed by atoms with van der Waals surface area (Å²) in [6.45, 7) is 2.55. The summed E-state index contributed by atoms with van der Waals surface area (Å²) in [5.74, 6) is -0.0120. The van der Waals surface area contributed by atoms with Gasteiger partial charge in [0.25, 0.3) is 0 Å². The van der Waals surface area contributed by atoms with E-state index >= 15 is 0 Å². The molecule has 172 valence electrons. The lowest BCUT2D eigenvalue weighted by Crippen LogP contribution is -2.45. The molecule has 0 aliphatic carbocycles. The maximum atomic E-state index is 12.0. The highest BCUT2D eigenvalue weighted by atomic mass is 32.2. The van der Waals surface area contributed by atoms with E-state index in [-0.39, 0.29) is 17.9 Å². The molecular formula is C17H28F3N5O4S. The van der Waals surface area contributed by atoms with Gasteiger partial charge in [0.15, 0.2) is 5.96 Å². The molecule has 0 saturated heterocycles. The van der Waals surface area contributed by atoms with Gasteiger partial charge in [0.05, 0.1) is 6.04 Å². The third-order valence-corrected chi connectivity index (χ3v) is 4.21. The van der Waals surface area contributed by atoms with Crippen molar-refractivity contribution in [3.05, 3.63) is 35.9 Å². The molecule has 0 fully saturated rings. The monoisotopic (exact) mass is 455 g/mol. The number of alkyl halides is 3. The van der Waals surface area contributed by atoms with Gasteiger partial charge in [-0.15, -0.1) is 0 Å². The molecule has 0 spiro atoms. The maximum absolute atomic E-state index is 12.0. The van der Waals surface area contributed by atoms with Crippen LogP contribution in [0.15, 0.2) is 35.3 Å². The van der Waals surface area contributed by atoms with Crippen LogP contribution >= 0.6 is 0 Å². The normalized spacial score (nSPS) is 13.4. The summed E-state index contributed by atoms with van der Waals surface area (Å²) < 4.78 is 57.5.